The highest BCUT2D eigenvalue weighted by molar-refractivity contribution is 7.99. The largest absolute Gasteiger partial charge is 0.355 e. The van der Waals surface area contributed by atoms with Crippen LogP contribution in [-0.4, -0.2) is 39.6 Å². The second-order valence-corrected chi connectivity index (χ2v) is 5.09. The smallest absolute Gasteiger partial charge is 0.350 e. The summed E-state index contributed by atoms with van der Waals surface area (Å²) in [7, 11) is 0. The van der Waals surface area contributed by atoms with E-state index in [1.807, 2.05) is 6.07 Å². The van der Waals surface area contributed by atoms with Gasteiger partial charge >= 0.3 is 5.69 Å². The zero-order valence-corrected chi connectivity index (χ0v) is 11.0. The van der Waals surface area contributed by atoms with Crippen LogP contribution in [0.15, 0.2) is 34.3 Å². The van der Waals surface area contributed by atoms with E-state index >= 15 is 0 Å². The maximum Gasteiger partial charge on any atom is 0.355 e. The molecule has 0 aromatic carbocycles. The van der Waals surface area contributed by atoms with Crippen LogP contribution < -0.4 is 5.69 Å². The van der Waals surface area contributed by atoms with E-state index in [2.05, 4.69) is 9.97 Å². The lowest BCUT2D eigenvalue weighted by Crippen LogP contribution is -2.19. The van der Waals surface area contributed by atoms with Gasteiger partial charge in [0.1, 0.15) is 5.65 Å². The molecule has 0 amide bonds. The van der Waals surface area contributed by atoms with Gasteiger partial charge in [-0.2, -0.15) is 4.98 Å². The molecule has 0 spiro atoms. The highest BCUT2D eigenvalue weighted by Gasteiger charge is 2.15. The summed E-state index contributed by atoms with van der Waals surface area (Å²) in [5.74, 6) is 0.757. The number of thioether (sulfide) groups is 1. The van der Waals surface area contributed by atoms with E-state index < -0.39 is 0 Å². The predicted octanol–water partition coefficient (Wildman–Crippen LogP) is 0.945. The zero-order chi connectivity index (χ0) is 13.1. The standard InChI is InChI=1S/C12H13N3O3S/c16-12-14-11(13-9-3-1-2-5-15(9)12)19-8-4-10-17-6-7-18-10/h1-3,5,10H,4,6-8H2. The Morgan fingerprint density at radius 3 is 3.00 bits per heavy atom. The van der Waals surface area contributed by atoms with Crippen LogP contribution in [0.1, 0.15) is 6.42 Å². The average Bonchev–Trinajstić information content (AvgIpc) is 2.92. The van der Waals surface area contributed by atoms with Crippen LogP contribution in [0.3, 0.4) is 0 Å². The quantitative estimate of drug-likeness (QED) is 0.776. The topological polar surface area (TPSA) is 65.7 Å². The van der Waals surface area contributed by atoms with E-state index in [1.165, 1.54) is 16.2 Å². The fourth-order valence-electron chi connectivity index (χ4n) is 1.83. The number of ether oxygens (including phenoxy) is 2. The SMILES string of the molecule is O=c1nc(SCCC2OCCO2)nc2ccccn12. The summed E-state index contributed by atoms with van der Waals surface area (Å²) in [5.41, 5.74) is 0.305. The maximum absolute atomic E-state index is 11.8. The first-order valence-corrected chi connectivity index (χ1v) is 7.03. The van der Waals surface area contributed by atoms with Gasteiger partial charge in [-0.1, -0.05) is 17.8 Å². The van der Waals surface area contributed by atoms with Gasteiger partial charge in [-0.05, 0) is 12.1 Å². The van der Waals surface area contributed by atoms with Crippen molar-refractivity contribution in [1.82, 2.24) is 14.4 Å². The summed E-state index contributed by atoms with van der Waals surface area (Å²) in [6.07, 6.45) is 2.29. The van der Waals surface area contributed by atoms with Crippen molar-refractivity contribution in [3.63, 3.8) is 0 Å². The molecule has 1 aliphatic rings. The third-order valence-corrected chi connectivity index (χ3v) is 3.60. The molecule has 1 saturated heterocycles. The van der Waals surface area contributed by atoms with E-state index in [4.69, 9.17) is 9.47 Å². The Balaban J connectivity index is 1.69. The molecule has 7 heteroatoms. The summed E-state index contributed by atoms with van der Waals surface area (Å²) >= 11 is 1.44. The molecule has 3 heterocycles. The molecule has 1 fully saturated rings. The molecule has 2 aromatic rings. The Morgan fingerprint density at radius 2 is 2.16 bits per heavy atom. The van der Waals surface area contributed by atoms with Crippen molar-refractivity contribution in [1.29, 1.82) is 0 Å². The maximum atomic E-state index is 11.8. The molecule has 1 aliphatic heterocycles. The van der Waals surface area contributed by atoms with Crippen molar-refractivity contribution in [2.75, 3.05) is 19.0 Å². The van der Waals surface area contributed by atoms with E-state index in [1.54, 1.807) is 18.3 Å². The Labute approximate surface area is 113 Å². The fourth-order valence-corrected chi connectivity index (χ4v) is 2.62. The molecule has 0 aliphatic carbocycles. The molecule has 19 heavy (non-hydrogen) atoms. The number of rotatable bonds is 4. The summed E-state index contributed by atoms with van der Waals surface area (Å²) in [5, 5.41) is 0.495. The molecule has 0 N–H and O–H groups in total. The molecule has 2 aromatic heterocycles. The van der Waals surface area contributed by atoms with Gasteiger partial charge in [-0.3, -0.25) is 4.40 Å². The van der Waals surface area contributed by atoms with E-state index in [0.717, 1.165) is 12.2 Å². The number of nitrogens with zero attached hydrogens (tertiary/aromatic N) is 3. The Bertz CT molecular complexity index is 625. The van der Waals surface area contributed by atoms with Gasteiger partial charge in [0.2, 0.25) is 0 Å². The first-order valence-electron chi connectivity index (χ1n) is 6.04. The number of hydrogen-bond acceptors (Lipinski definition) is 6. The van der Waals surface area contributed by atoms with Crippen LogP contribution in [0.4, 0.5) is 0 Å². The molecule has 6 nitrogen and oxygen atoms in total. The second kappa shape index (κ2) is 5.68. The molecule has 0 radical (unpaired) electrons. The molecule has 3 rings (SSSR count). The minimum Gasteiger partial charge on any atom is -0.350 e. The van der Waals surface area contributed by atoms with Crippen molar-refractivity contribution >= 4 is 17.4 Å². The van der Waals surface area contributed by atoms with Gasteiger partial charge in [0, 0.05) is 18.4 Å². The van der Waals surface area contributed by atoms with E-state index in [-0.39, 0.29) is 12.0 Å². The van der Waals surface area contributed by atoms with Crippen LogP contribution in [-0.2, 0) is 9.47 Å². The summed E-state index contributed by atoms with van der Waals surface area (Å²) in [6, 6.07) is 5.41. The van der Waals surface area contributed by atoms with Crippen LogP contribution in [0.5, 0.6) is 0 Å². The van der Waals surface area contributed by atoms with Crippen LogP contribution in [0, 0.1) is 0 Å². The van der Waals surface area contributed by atoms with Crippen molar-refractivity contribution < 1.29 is 9.47 Å². The van der Waals surface area contributed by atoms with Crippen molar-refractivity contribution in [3.8, 4) is 0 Å². The summed E-state index contributed by atoms with van der Waals surface area (Å²) < 4.78 is 12.1. The monoisotopic (exact) mass is 279 g/mol. The molecule has 0 atom stereocenters. The zero-order valence-electron chi connectivity index (χ0n) is 10.2. The highest BCUT2D eigenvalue weighted by atomic mass is 32.2. The number of hydrogen-bond donors (Lipinski definition) is 0. The Hall–Kier alpha value is -1.44. The van der Waals surface area contributed by atoms with E-state index in [9.17, 15) is 4.79 Å². The third-order valence-electron chi connectivity index (χ3n) is 2.72. The minimum atomic E-state index is -0.304. The molecular weight excluding hydrogens is 266 g/mol. The van der Waals surface area contributed by atoms with Gasteiger partial charge < -0.3 is 9.47 Å². The first kappa shape index (κ1) is 12.6. The van der Waals surface area contributed by atoms with Crippen molar-refractivity contribution in [2.45, 2.75) is 17.9 Å². The van der Waals surface area contributed by atoms with Crippen LogP contribution in [0.25, 0.3) is 5.65 Å². The van der Waals surface area contributed by atoms with Crippen molar-refractivity contribution in [3.05, 3.63) is 34.9 Å². The lowest BCUT2D eigenvalue weighted by atomic mass is 10.5. The summed E-state index contributed by atoms with van der Waals surface area (Å²) in [4.78, 5) is 20.0. The Kier molecular flexibility index (Phi) is 3.77. The molecular formula is C12H13N3O3S. The van der Waals surface area contributed by atoms with Crippen LogP contribution >= 0.6 is 11.8 Å². The summed E-state index contributed by atoms with van der Waals surface area (Å²) in [6.45, 7) is 1.31. The van der Waals surface area contributed by atoms with Gasteiger partial charge in [0.05, 0.1) is 13.2 Å². The fraction of sp³-hybridized carbons (Fsp3) is 0.417. The third kappa shape index (κ3) is 2.94. The van der Waals surface area contributed by atoms with E-state index in [0.29, 0.717) is 24.0 Å². The number of pyridine rings is 1. The van der Waals surface area contributed by atoms with Gasteiger partial charge in [0.25, 0.3) is 0 Å². The predicted molar refractivity (Wildman–Crippen MR) is 70.3 cm³/mol. The average molecular weight is 279 g/mol. The number of aromatic nitrogens is 3. The van der Waals surface area contributed by atoms with Gasteiger partial charge in [0.15, 0.2) is 11.4 Å². The first-order chi connectivity index (χ1) is 9.33. The lowest BCUT2D eigenvalue weighted by molar-refractivity contribution is -0.0421. The lowest BCUT2D eigenvalue weighted by Gasteiger charge is -2.07. The number of fused-ring (bicyclic) bond motifs is 1. The molecule has 0 bridgehead atoms. The van der Waals surface area contributed by atoms with Gasteiger partial charge in [-0.25, -0.2) is 9.78 Å². The highest BCUT2D eigenvalue weighted by Crippen LogP contribution is 2.17. The Morgan fingerprint density at radius 1 is 1.32 bits per heavy atom. The van der Waals surface area contributed by atoms with Crippen molar-refractivity contribution in [2.24, 2.45) is 0 Å². The molecule has 0 saturated carbocycles. The van der Waals surface area contributed by atoms with Gasteiger partial charge in [-0.15, -0.1) is 0 Å². The van der Waals surface area contributed by atoms with Crippen LogP contribution in [0.2, 0.25) is 0 Å². The molecule has 100 valence electrons. The minimum absolute atomic E-state index is 0.131. The normalized spacial score (nSPS) is 16.2. The second-order valence-electron chi connectivity index (χ2n) is 4.03. The molecule has 0 unspecified atom stereocenters.